The lowest BCUT2D eigenvalue weighted by atomic mass is 10.0. The molecule has 0 saturated heterocycles. The molecule has 1 rings (SSSR count). The smallest absolute Gasteiger partial charge is 0.0295 e. The molecule has 1 aromatic rings. The summed E-state index contributed by atoms with van der Waals surface area (Å²) in [6.07, 6.45) is 1.96. The van der Waals surface area contributed by atoms with Crippen molar-refractivity contribution in [2.75, 3.05) is 12.3 Å². The van der Waals surface area contributed by atoms with Gasteiger partial charge in [0.1, 0.15) is 0 Å². The maximum atomic E-state index is 6.04. The van der Waals surface area contributed by atoms with E-state index in [0.717, 1.165) is 25.1 Å². The molecule has 0 saturated carbocycles. The zero-order chi connectivity index (χ0) is 11.1. The molecule has 4 N–H and O–H groups in total. The predicted molar refractivity (Wildman–Crippen MR) is 75.3 cm³/mol. The monoisotopic (exact) mass is 260 g/mol. The van der Waals surface area contributed by atoms with Crippen LogP contribution in [0, 0.1) is 0 Å². The van der Waals surface area contributed by atoms with E-state index in [1.54, 1.807) is 0 Å². The molecule has 0 heterocycles. The van der Waals surface area contributed by atoms with Gasteiger partial charge in [0.25, 0.3) is 0 Å². The van der Waals surface area contributed by atoms with E-state index in [-0.39, 0.29) is 18.4 Å². The predicted octanol–water partition coefficient (Wildman–Crippen LogP) is 2.96. The molecule has 92 valence electrons. The van der Waals surface area contributed by atoms with E-state index in [4.69, 9.17) is 11.5 Å². The van der Waals surface area contributed by atoms with Crippen molar-refractivity contribution in [3.8, 4) is 0 Å². The molecule has 0 aliphatic carbocycles. The molecule has 4 heteroatoms. The SMILES string of the molecule is CCSc1ccc([C@H](N)CCCN)cc1.Cl. The van der Waals surface area contributed by atoms with Crippen molar-refractivity contribution in [3.05, 3.63) is 29.8 Å². The van der Waals surface area contributed by atoms with Crippen LogP contribution in [-0.4, -0.2) is 12.3 Å². The lowest BCUT2D eigenvalue weighted by Crippen LogP contribution is -2.12. The number of thioether (sulfide) groups is 1. The number of hydrogen-bond acceptors (Lipinski definition) is 3. The molecule has 1 aromatic carbocycles. The minimum absolute atomic E-state index is 0. The van der Waals surface area contributed by atoms with Crippen molar-refractivity contribution in [1.29, 1.82) is 0 Å². The molecule has 0 radical (unpaired) electrons. The van der Waals surface area contributed by atoms with Crippen LogP contribution < -0.4 is 11.5 Å². The first kappa shape index (κ1) is 15.8. The Kier molecular flexibility index (Phi) is 8.76. The number of halogens is 1. The van der Waals surface area contributed by atoms with Crippen molar-refractivity contribution in [2.45, 2.75) is 30.7 Å². The molecule has 0 fully saturated rings. The normalized spacial score (nSPS) is 11.9. The van der Waals surface area contributed by atoms with E-state index in [1.165, 1.54) is 10.5 Å². The fraction of sp³-hybridized carbons (Fsp3) is 0.500. The van der Waals surface area contributed by atoms with Gasteiger partial charge in [-0.2, -0.15) is 0 Å². The second kappa shape index (κ2) is 8.88. The Balaban J connectivity index is 0.00000225. The van der Waals surface area contributed by atoms with Gasteiger partial charge in [-0.15, -0.1) is 24.2 Å². The maximum Gasteiger partial charge on any atom is 0.0295 e. The van der Waals surface area contributed by atoms with Crippen molar-refractivity contribution >= 4 is 24.2 Å². The summed E-state index contributed by atoms with van der Waals surface area (Å²) < 4.78 is 0. The highest BCUT2D eigenvalue weighted by Crippen LogP contribution is 2.21. The molecule has 2 nitrogen and oxygen atoms in total. The Hall–Kier alpha value is -0.220. The van der Waals surface area contributed by atoms with Gasteiger partial charge in [0.2, 0.25) is 0 Å². The van der Waals surface area contributed by atoms with Crippen LogP contribution in [0.5, 0.6) is 0 Å². The summed E-state index contributed by atoms with van der Waals surface area (Å²) in [7, 11) is 0. The van der Waals surface area contributed by atoms with Crippen molar-refractivity contribution < 1.29 is 0 Å². The quantitative estimate of drug-likeness (QED) is 0.774. The lowest BCUT2D eigenvalue weighted by molar-refractivity contribution is 0.617. The van der Waals surface area contributed by atoms with Crippen LogP contribution >= 0.6 is 24.2 Å². The first-order chi connectivity index (χ1) is 7.27. The standard InChI is InChI=1S/C12H20N2S.ClH/c1-2-15-11-7-5-10(6-8-11)12(14)4-3-9-13;/h5-8,12H,2-4,9,13-14H2,1H3;1H/t12-;/m1./s1. The molecule has 1 atom stereocenters. The van der Waals surface area contributed by atoms with E-state index >= 15 is 0 Å². The summed E-state index contributed by atoms with van der Waals surface area (Å²) in [6.45, 7) is 2.88. The molecular formula is C12H21ClN2S. The van der Waals surface area contributed by atoms with E-state index < -0.39 is 0 Å². The van der Waals surface area contributed by atoms with Crippen LogP contribution in [0.1, 0.15) is 31.4 Å². The summed E-state index contributed by atoms with van der Waals surface area (Å²) in [6, 6.07) is 8.67. The summed E-state index contributed by atoms with van der Waals surface area (Å²) in [5.41, 5.74) is 12.7. The summed E-state index contributed by atoms with van der Waals surface area (Å²) in [5.74, 6) is 1.11. The molecule has 0 amide bonds. The molecule has 0 unspecified atom stereocenters. The van der Waals surface area contributed by atoms with Gasteiger partial charge >= 0.3 is 0 Å². The third-order valence-electron chi connectivity index (χ3n) is 2.34. The number of hydrogen-bond donors (Lipinski definition) is 2. The second-order valence-corrected chi connectivity index (χ2v) is 4.88. The average Bonchev–Trinajstić information content (AvgIpc) is 2.27. The van der Waals surface area contributed by atoms with Gasteiger partial charge in [-0.25, -0.2) is 0 Å². The highest BCUT2D eigenvalue weighted by atomic mass is 35.5. The average molecular weight is 261 g/mol. The van der Waals surface area contributed by atoms with Crippen molar-refractivity contribution in [3.63, 3.8) is 0 Å². The Morgan fingerprint density at radius 2 is 1.88 bits per heavy atom. The fourth-order valence-corrected chi connectivity index (χ4v) is 2.14. The minimum Gasteiger partial charge on any atom is -0.330 e. The van der Waals surface area contributed by atoms with E-state index in [9.17, 15) is 0 Å². The van der Waals surface area contributed by atoms with Gasteiger partial charge in [0.05, 0.1) is 0 Å². The summed E-state index contributed by atoms with van der Waals surface area (Å²) in [4.78, 5) is 1.31. The highest BCUT2D eigenvalue weighted by molar-refractivity contribution is 7.99. The molecular weight excluding hydrogens is 240 g/mol. The first-order valence-electron chi connectivity index (χ1n) is 5.46. The first-order valence-corrected chi connectivity index (χ1v) is 6.45. The van der Waals surface area contributed by atoms with Gasteiger partial charge < -0.3 is 11.5 Å². The van der Waals surface area contributed by atoms with E-state index in [1.807, 2.05) is 11.8 Å². The third-order valence-corrected chi connectivity index (χ3v) is 3.23. The number of rotatable bonds is 6. The van der Waals surface area contributed by atoms with E-state index in [2.05, 4.69) is 31.2 Å². The van der Waals surface area contributed by atoms with Crippen LogP contribution in [0.25, 0.3) is 0 Å². The van der Waals surface area contributed by atoms with Crippen molar-refractivity contribution in [2.24, 2.45) is 11.5 Å². The summed E-state index contributed by atoms with van der Waals surface area (Å²) >= 11 is 1.85. The van der Waals surface area contributed by atoms with Crippen LogP contribution in [0.15, 0.2) is 29.2 Å². The van der Waals surface area contributed by atoms with Crippen molar-refractivity contribution in [1.82, 2.24) is 0 Å². The number of benzene rings is 1. The summed E-state index contributed by atoms with van der Waals surface area (Å²) in [5, 5.41) is 0. The van der Waals surface area contributed by atoms with Gasteiger partial charge in [-0.1, -0.05) is 19.1 Å². The molecule has 0 aliphatic heterocycles. The molecule has 0 spiro atoms. The molecule has 0 bridgehead atoms. The zero-order valence-corrected chi connectivity index (χ0v) is 11.3. The van der Waals surface area contributed by atoms with Crippen LogP contribution in [0.3, 0.4) is 0 Å². The van der Waals surface area contributed by atoms with Gasteiger partial charge in [0, 0.05) is 10.9 Å². The fourth-order valence-electron chi connectivity index (χ4n) is 1.48. The van der Waals surface area contributed by atoms with Crippen LogP contribution in [0.4, 0.5) is 0 Å². The maximum absolute atomic E-state index is 6.04. The third kappa shape index (κ3) is 5.21. The molecule has 0 aliphatic rings. The molecule has 0 aromatic heterocycles. The Bertz CT molecular complexity index is 277. The van der Waals surface area contributed by atoms with Gasteiger partial charge in [-0.3, -0.25) is 0 Å². The largest absolute Gasteiger partial charge is 0.330 e. The Labute approximate surface area is 109 Å². The molecule has 16 heavy (non-hydrogen) atoms. The Morgan fingerprint density at radius 1 is 1.25 bits per heavy atom. The van der Waals surface area contributed by atoms with Crippen LogP contribution in [-0.2, 0) is 0 Å². The van der Waals surface area contributed by atoms with Gasteiger partial charge in [0.15, 0.2) is 0 Å². The Morgan fingerprint density at radius 3 is 2.38 bits per heavy atom. The minimum atomic E-state index is 0. The second-order valence-electron chi connectivity index (χ2n) is 3.54. The van der Waals surface area contributed by atoms with E-state index in [0.29, 0.717) is 0 Å². The lowest BCUT2D eigenvalue weighted by Gasteiger charge is -2.11. The zero-order valence-electron chi connectivity index (χ0n) is 9.69. The number of nitrogens with two attached hydrogens (primary N) is 2. The highest BCUT2D eigenvalue weighted by Gasteiger charge is 2.04. The van der Waals surface area contributed by atoms with Gasteiger partial charge in [-0.05, 0) is 42.8 Å². The van der Waals surface area contributed by atoms with Crippen LogP contribution in [0.2, 0.25) is 0 Å². The topological polar surface area (TPSA) is 52.0 Å².